The summed E-state index contributed by atoms with van der Waals surface area (Å²) in [6, 6.07) is 14.9. The number of nitrogens with one attached hydrogen (secondary N) is 1. The van der Waals surface area contributed by atoms with Crippen molar-refractivity contribution in [2.45, 2.75) is 19.0 Å². The third kappa shape index (κ3) is 3.92. The summed E-state index contributed by atoms with van der Waals surface area (Å²) in [5, 5.41) is 3.24. The van der Waals surface area contributed by atoms with Gasteiger partial charge < -0.3 is 10.1 Å². The van der Waals surface area contributed by atoms with Crippen molar-refractivity contribution >= 4 is 11.7 Å². The summed E-state index contributed by atoms with van der Waals surface area (Å²) in [7, 11) is 1.28. The van der Waals surface area contributed by atoms with E-state index >= 15 is 0 Å². The number of nitrogens with zero attached hydrogens (tertiary/aromatic N) is 1. The average Bonchev–Trinajstić information content (AvgIpc) is 3.04. The molecule has 1 N–H and O–H groups in total. The number of halogens is 1. The molecule has 126 valence electrons. The lowest BCUT2D eigenvalue weighted by Crippen LogP contribution is -2.26. The number of esters is 1. The summed E-state index contributed by atoms with van der Waals surface area (Å²) in [4.78, 5) is 13.8. The van der Waals surface area contributed by atoms with Gasteiger partial charge in [0.2, 0.25) is 0 Å². The lowest BCUT2D eigenvalue weighted by molar-refractivity contribution is 0.0600. The second-order valence-electron chi connectivity index (χ2n) is 6.04. The van der Waals surface area contributed by atoms with E-state index in [1.807, 2.05) is 18.2 Å². The van der Waals surface area contributed by atoms with Gasteiger partial charge in [-0.1, -0.05) is 30.3 Å². The second-order valence-corrected chi connectivity index (χ2v) is 6.04. The molecule has 0 saturated carbocycles. The maximum Gasteiger partial charge on any atom is 0.337 e. The van der Waals surface area contributed by atoms with Crippen LogP contribution in [0.25, 0.3) is 0 Å². The minimum atomic E-state index is -0.532. The first kappa shape index (κ1) is 16.5. The summed E-state index contributed by atoms with van der Waals surface area (Å²) in [5.74, 6) is -0.963. The SMILES string of the molecule is COC(=O)c1ccc(N[C@@H]2CCN(Cc3ccccc3)C2)c(F)c1. The van der Waals surface area contributed by atoms with Gasteiger partial charge in [-0.05, 0) is 30.2 Å². The van der Waals surface area contributed by atoms with Gasteiger partial charge in [0.15, 0.2) is 0 Å². The number of methoxy groups -OCH3 is 1. The van der Waals surface area contributed by atoms with Crippen LogP contribution in [0.3, 0.4) is 0 Å². The van der Waals surface area contributed by atoms with Gasteiger partial charge in [-0.3, -0.25) is 4.90 Å². The molecule has 0 radical (unpaired) electrons. The van der Waals surface area contributed by atoms with Crippen molar-refractivity contribution in [2.24, 2.45) is 0 Å². The Balaban J connectivity index is 1.58. The Morgan fingerprint density at radius 3 is 2.79 bits per heavy atom. The number of hydrogen-bond donors (Lipinski definition) is 1. The van der Waals surface area contributed by atoms with Crippen LogP contribution in [0, 0.1) is 5.82 Å². The fourth-order valence-corrected chi connectivity index (χ4v) is 3.03. The molecule has 1 aliphatic rings. The van der Waals surface area contributed by atoms with Gasteiger partial charge in [-0.25, -0.2) is 9.18 Å². The van der Waals surface area contributed by atoms with Crippen molar-refractivity contribution in [2.75, 3.05) is 25.5 Å². The summed E-state index contributed by atoms with van der Waals surface area (Å²) in [6.45, 7) is 2.75. The third-order valence-corrected chi connectivity index (χ3v) is 4.27. The highest BCUT2D eigenvalue weighted by atomic mass is 19.1. The molecule has 0 bridgehead atoms. The Morgan fingerprint density at radius 2 is 2.08 bits per heavy atom. The number of likely N-dealkylation sites (tertiary alicyclic amines) is 1. The van der Waals surface area contributed by atoms with Gasteiger partial charge in [-0.2, -0.15) is 0 Å². The molecule has 0 aromatic heterocycles. The monoisotopic (exact) mass is 328 g/mol. The van der Waals surface area contributed by atoms with Gasteiger partial charge in [0.05, 0.1) is 18.4 Å². The molecule has 3 rings (SSSR count). The Labute approximate surface area is 141 Å². The molecule has 0 spiro atoms. The predicted octanol–water partition coefficient (Wildman–Crippen LogP) is 3.30. The summed E-state index contributed by atoms with van der Waals surface area (Å²) in [6.07, 6.45) is 0.963. The van der Waals surface area contributed by atoms with E-state index in [1.165, 1.54) is 18.7 Å². The Morgan fingerprint density at radius 1 is 1.29 bits per heavy atom. The molecule has 1 heterocycles. The fourth-order valence-electron chi connectivity index (χ4n) is 3.03. The predicted molar refractivity (Wildman–Crippen MR) is 91.5 cm³/mol. The largest absolute Gasteiger partial charge is 0.465 e. The molecule has 5 heteroatoms. The lowest BCUT2D eigenvalue weighted by atomic mass is 10.1. The molecule has 1 fully saturated rings. The van der Waals surface area contributed by atoms with Crippen LogP contribution in [0.15, 0.2) is 48.5 Å². The first-order valence-corrected chi connectivity index (χ1v) is 8.06. The van der Waals surface area contributed by atoms with Gasteiger partial charge in [0, 0.05) is 25.7 Å². The zero-order valence-corrected chi connectivity index (χ0v) is 13.7. The van der Waals surface area contributed by atoms with Crippen LogP contribution in [0.2, 0.25) is 0 Å². The van der Waals surface area contributed by atoms with Crippen LogP contribution >= 0.6 is 0 Å². The quantitative estimate of drug-likeness (QED) is 0.855. The zero-order valence-electron chi connectivity index (χ0n) is 13.7. The second kappa shape index (κ2) is 7.45. The highest BCUT2D eigenvalue weighted by molar-refractivity contribution is 5.89. The van der Waals surface area contributed by atoms with Crippen molar-refractivity contribution in [1.82, 2.24) is 4.90 Å². The average molecular weight is 328 g/mol. The van der Waals surface area contributed by atoms with Crippen molar-refractivity contribution < 1.29 is 13.9 Å². The number of anilines is 1. The molecule has 0 unspecified atom stereocenters. The molecule has 2 aromatic rings. The van der Waals surface area contributed by atoms with Gasteiger partial charge in [-0.15, -0.1) is 0 Å². The molecule has 24 heavy (non-hydrogen) atoms. The summed E-state index contributed by atoms with van der Waals surface area (Å²) >= 11 is 0. The highest BCUT2D eigenvalue weighted by Crippen LogP contribution is 2.21. The molecule has 1 aliphatic heterocycles. The van der Waals surface area contributed by atoms with Crippen molar-refractivity contribution in [1.29, 1.82) is 0 Å². The maximum atomic E-state index is 14.2. The highest BCUT2D eigenvalue weighted by Gasteiger charge is 2.23. The first-order chi connectivity index (χ1) is 11.7. The van der Waals surface area contributed by atoms with E-state index in [-0.39, 0.29) is 11.6 Å². The Kier molecular flexibility index (Phi) is 5.11. The smallest absolute Gasteiger partial charge is 0.337 e. The first-order valence-electron chi connectivity index (χ1n) is 8.06. The molecular formula is C19H21FN2O2. The minimum Gasteiger partial charge on any atom is -0.465 e. The number of carbonyl (C=O) groups is 1. The molecule has 1 saturated heterocycles. The number of ether oxygens (including phenoxy) is 1. The van der Waals surface area contributed by atoms with E-state index in [0.717, 1.165) is 26.1 Å². The number of rotatable bonds is 5. The van der Waals surface area contributed by atoms with E-state index in [1.54, 1.807) is 12.1 Å². The number of hydrogen-bond acceptors (Lipinski definition) is 4. The Hall–Kier alpha value is -2.40. The molecule has 4 nitrogen and oxygen atoms in total. The van der Waals surface area contributed by atoms with E-state index in [9.17, 15) is 9.18 Å². The van der Waals surface area contributed by atoms with Crippen LogP contribution in [0.5, 0.6) is 0 Å². The topological polar surface area (TPSA) is 41.6 Å². The van der Waals surface area contributed by atoms with E-state index in [4.69, 9.17) is 0 Å². The van der Waals surface area contributed by atoms with E-state index in [2.05, 4.69) is 27.1 Å². The number of carbonyl (C=O) groups excluding carboxylic acids is 1. The molecule has 2 aromatic carbocycles. The van der Waals surface area contributed by atoms with Crippen molar-refractivity contribution in [3.8, 4) is 0 Å². The standard InChI is InChI=1S/C19H21FN2O2/c1-24-19(23)15-7-8-18(17(20)11-15)21-16-9-10-22(13-16)12-14-5-3-2-4-6-14/h2-8,11,16,21H,9-10,12-13H2,1H3/t16-/m1/s1. The van der Waals surface area contributed by atoms with Crippen LogP contribution in [-0.4, -0.2) is 37.1 Å². The van der Waals surface area contributed by atoms with Crippen molar-refractivity contribution in [3.05, 3.63) is 65.5 Å². The van der Waals surface area contributed by atoms with Gasteiger partial charge in [0.25, 0.3) is 0 Å². The van der Waals surface area contributed by atoms with Crippen LogP contribution in [-0.2, 0) is 11.3 Å². The van der Waals surface area contributed by atoms with Crippen LogP contribution < -0.4 is 5.32 Å². The van der Waals surface area contributed by atoms with Gasteiger partial charge >= 0.3 is 5.97 Å². The third-order valence-electron chi connectivity index (χ3n) is 4.27. The van der Waals surface area contributed by atoms with Crippen LogP contribution in [0.4, 0.5) is 10.1 Å². The maximum absolute atomic E-state index is 14.2. The molecular weight excluding hydrogens is 307 g/mol. The van der Waals surface area contributed by atoms with E-state index < -0.39 is 11.8 Å². The molecule has 0 amide bonds. The van der Waals surface area contributed by atoms with E-state index in [0.29, 0.717) is 5.69 Å². The molecule has 1 atom stereocenters. The van der Waals surface area contributed by atoms with Gasteiger partial charge in [0.1, 0.15) is 5.82 Å². The van der Waals surface area contributed by atoms with Crippen LogP contribution in [0.1, 0.15) is 22.3 Å². The zero-order chi connectivity index (χ0) is 16.9. The fraction of sp³-hybridized carbons (Fsp3) is 0.316. The number of benzene rings is 2. The lowest BCUT2D eigenvalue weighted by Gasteiger charge is -2.18. The summed E-state index contributed by atoms with van der Waals surface area (Å²) in [5.41, 5.74) is 1.93. The van der Waals surface area contributed by atoms with Crippen molar-refractivity contribution in [3.63, 3.8) is 0 Å². The minimum absolute atomic E-state index is 0.201. The Bertz CT molecular complexity index is 706. The summed E-state index contributed by atoms with van der Waals surface area (Å²) < 4.78 is 18.8. The molecule has 0 aliphatic carbocycles. The normalized spacial score (nSPS) is 17.7.